The summed E-state index contributed by atoms with van der Waals surface area (Å²) < 4.78 is 1.85. The third-order valence-electron chi connectivity index (χ3n) is 2.99. The maximum atomic E-state index is 4.52. The van der Waals surface area contributed by atoms with Crippen LogP contribution in [0.15, 0.2) is 6.07 Å². The van der Waals surface area contributed by atoms with Gasteiger partial charge in [0.1, 0.15) is 11.5 Å². The van der Waals surface area contributed by atoms with Crippen molar-refractivity contribution in [2.75, 3.05) is 0 Å². The van der Waals surface area contributed by atoms with Crippen molar-refractivity contribution in [3.8, 4) is 11.5 Å². The number of aromatic amines is 1. The third-order valence-corrected chi connectivity index (χ3v) is 2.99. The van der Waals surface area contributed by atoms with Gasteiger partial charge in [-0.1, -0.05) is 6.92 Å². The summed E-state index contributed by atoms with van der Waals surface area (Å²) in [7, 11) is 1.93. The first-order chi connectivity index (χ1) is 7.78. The molecule has 1 aliphatic rings. The van der Waals surface area contributed by atoms with E-state index in [1.54, 1.807) is 0 Å². The van der Waals surface area contributed by atoms with Gasteiger partial charge in [-0.3, -0.25) is 9.78 Å². The van der Waals surface area contributed by atoms with Gasteiger partial charge in [-0.25, -0.2) is 4.98 Å². The topological polar surface area (TPSA) is 59.4 Å². The molecule has 0 unspecified atom stereocenters. The second kappa shape index (κ2) is 3.43. The van der Waals surface area contributed by atoms with E-state index in [-0.39, 0.29) is 0 Å². The third kappa shape index (κ3) is 1.52. The summed E-state index contributed by atoms with van der Waals surface area (Å²) in [5.41, 5.74) is 2.07. The van der Waals surface area contributed by atoms with Crippen LogP contribution in [0.2, 0.25) is 0 Å². The van der Waals surface area contributed by atoms with Crippen LogP contribution < -0.4 is 0 Å². The number of aryl methyl sites for hydroxylation is 2. The standard InChI is InChI=1S/C11H15N5/c1-3-8-6-9(16(2)15-8)11-12-10(13-14-11)7-4-5-7/h6-7H,3-5H2,1-2H3,(H,12,13,14). The van der Waals surface area contributed by atoms with Gasteiger partial charge in [0.15, 0.2) is 5.82 Å². The predicted molar refractivity (Wildman–Crippen MR) is 59.9 cm³/mol. The van der Waals surface area contributed by atoms with Crippen molar-refractivity contribution in [3.63, 3.8) is 0 Å². The van der Waals surface area contributed by atoms with Crippen LogP contribution >= 0.6 is 0 Å². The summed E-state index contributed by atoms with van der Waals surface area (Å²) in [6.45, 7) is 2.10. The fraction of sp³-hybridized carbons (Fsp3) is 0.545. The van der Waals surface area contributed by atoms with Crippen LogP contribution in [0.25, 0.3) is 11.5 Å². The van der Waals surface area contributed by atoms with Crippen LogP contribution in [0.3, 0.4) is 0 Å². The zero-order valence-corrected chi connectivity index (χ0v) is 9.56. The van der Waals surface area contributed by atoms with Crippen molar-refractivity contribution in [3.05, 3.63) is 17.6 Å². The van der Waals surface area contributed by atoms with E-state index < -0.39 is 0 Å². The van der Waals surface area contributed by atoms with Gasteiger partial charge >= 0.3 is 0 Å². The van der Waals surface area contributed by atoms with Crippen molar-refractivity contribution in [1.82, 2.24) is 25.0 Å². The number of nitrogens with zero attached hydrogens (tertiary/aromatic N) is 4. The fourth-order valence-corrected chi connectivity index (χ4v) is 1.84. The average molecular weight is 217 g/mol. The van der Waals surface area contributed by atoms with E-state index in [1.165, 1.54) is 12.8 Å². The van der Waals surface area contributed by atoms with Crippen molar-refractivity contribution >= 4 is 0 Å². The van der Waals surface area contributed by atoms with E-state index in [1.807, 2.05) is 11.7 Å². The van der Waals surface area contributed by atoms with E-state index in [9.17, 15) is 0 Å². The molecule has 0 saturated heterocycles. The van der Waals surface area contributed by atoms with Crippen LogP contribution in [0.4, 0.5) is 0 Å². The van der Waals surface area contributed by atoms with Gasteiger partial charge in [0.2, 0.25) is 0 Å². The molecule has 0 bridgehead atoms. The Morgan fingerprint density at radius 2 is 2.31 bits per heavy atom. The summed E-state index contributed by atoms with van der Waals surface area (Å²) in [5, 5.41) is 11.7. The summed E-state index contributed by atoms with van der Waals surface area (Å²) >= 11 is 0. The molecule has 16 heavy (non-hydrogen) atoms. The summed E-state index contributed by atoms with van der Waals surface area (Å²) in [5.74, 6) is 2.39. The van der Waals surface area contributed by atoms with E-state index in [0.717, 1.165) is 29.5 Å². The highest BCUT2D eigenvalue weighted by Gasteiger charge is 2.27. The van der Waals surface area contributed by atoms with E-state index in [2.05, 4.69) is 33.3 Å². The first-order valence-electron chi connectivity index (χ1n) is 5.73. The molecular formula is C11H15N5. The predicted octanol–water partition coefficient (Wildman–Crippen LogP) is 1.64. The summed E-state index contributed by atoms with van der Waals surface area (Å²) in [6.07, 6.45) is 3.41. The summed E-state index contributed by atoms with van der Waals surface area (Å²) in [6, 6.07) is 2.06. The molecule has 1 aliphatic carbocycles. The molecule has 2 aromatic heterocycles. The first-order valence-corrected chi connectivity index (χ1v) is 5.73. The van der Waals surface area contributed by atoms with Crippen LogP contribution in [0.1, 0.15) is 37.2 Å². The molecule has 5 heteroatoms. The lowest BCUT2D eigenvalue weighted by molar-refractivity contribution is 0.748. The van der Waals surface area contributed by atoms with Crippen LogP contribution in [-0.4, -0.2) is 25.0 Å². The molecule has 3 rings (SSSR count). The maximum Gasteiger partial charge on any atom is 0.199 e. The minimum atomic E-state index is 0.611. The number of aromatic nitrogens is 5. The quantitative estimate of drug-likeness (QED) is 0.850. The van der Waals surface area contributed by atoms with E-state index >= 15 is 0 Å². The minimum absolute atomic E-state index is 0.611. The van der Waals surface area contributed by atoms with Crippen LogP contribution in [0.5, 0.6) is 0 Å². The van der Waals surface area contributed by atoms with Gasteiger partial charge in [-0.05, 0) is 25.3 Å². The Bertz CT molecular complexity index is 506. The molecule has 0 radical (unpaired) electrons. The Hall–Kier alpha value is -1.65. The van der Waals surface area contributed by atoms with Gasteiger partial charge in [0, 0.05) is 13.0 Å². The smallest absolute Gasteiger partial charge is 0.199 e. The largest absolute Gasteiger partial charge is 0.264 e. The molecule has 1 fully saturated rings. The van der Waals surface area contributed by atoms with Gasteiger partial charge in [0.25, 0.3) is 0 Å². The molecule has 5 nitrogen and oxygen atoms in total. The molecule has 84 valence electrons. The zero-order chi connectivity index (χ0) is 11.1. The molecule has 2 aromatic rings. The number of nitrogens with one attached hydrogen (secondary N) is 1. The first kappa shape index (κ1) is 9.57. The molecule has 0 aliphatic heterocycles. The van der Waals surface area contributed by atoms with E-state index in [0.29, 0.717) is 5.92 Å². The van der Waals surface area contributed by atoms with E-state index in [4.69, 9.17) is 0 Å². The van der Waals surface area contributed by atoms with Gasteiger partial charge in [0.05, 0.1) is 5.69 Å². The molecule has 0 atom stereocenters. The highest BCUT2D eigenvalue weighted by atomic mass is 15.3. The molecule has 0 spiro atoms. The highest BCUT2D eigenvalue weighted by Crippen LogP contribution is 2.38. The highest BCUT2D eigenvalue weighted by molar-refractivity contribution is 5.50. The number of rotatable bonds is 3. The van der Waals surface area contributed by atoms with Crippen molar-refractivity contribution < 1.29 is 0 Å². The molecule has 0 aromatic carbocycles. The van der Waals surface area contributed by atoms with Gasteiger partial charge in [-0.2, -0.15) is 10.2 Å². The number of H-pyrrole nitrogens is 1. The minimum Gasteiger partial charge on any atom is -0.264 e. The SMILES string of the molecule is CCc1cc(-c2n[nH]c(C3CC3)n2)n(C)n1. The lowest BCUT2D eigenvalue weighted by atomic mass is 10.3. The fourth-order valence-electron chi connectivity index (χ4n) is 1.84. The van der Waals surface area contributed by atoms with Crippen LogP contribution in [0, 0.1) is 0 Å². The van der Waals surface area contributed by atoms with Gasteiger partial charge in [-0.15, -0.1) is 0 Å². The molecule has 1 N–H and O–H groups in total. The molecule has 1 saturated carbocycles. The van der Waals surface area contributed by atoms with Crippen molar-refractivity contribution in [2.45, 2.75) is 32.1 Å². The Labute approximate surface area is 93.9 Å². The average Bonchev–Trinajstić information content (AvgIpc) is 2.89. The zero-order valence-electron chi connectivity index (χ0n) is 9.56. The van der Waals surface area contributed by atoms with Gasteiger partial charge < -0.3 is 0 Å². The Morgan fingerprint density at radius 1 is 1.50 bits per heavy atom. The monoisotopic (exact) mass is 217 g/mol. The number of hydrogen-bond acceptors (Lipinski definition) is 3. The molecule has 2 heterocycles. The van der Waals surface area contributed by atoms with Crippen LogP contribution in [-0.2, 0) is 13.5 Å². The maximum absolute atomic E-state index is 4.52. The lowest BCUT2D eigenvalue weighted by Crippen LogP contribution is -1.95. The molecular weight excluding hydrogens is 202 g/mol. The molecule has 0 amide bonds. The Kier molecular flexibility index (Phi) is 2.05. The van der Waals surface area contributed by atoms with Crippen molar-refractivity contribution in [2.24, 2.45) is 7.05 Å². The normalized spacial score (nSPS) is 15.6. The summed E-state index contributed by atoms with van der Waals surface area (Å²) in [4.78, 5) is 4.52. The lowest BCUT2D eigenvalue weighted by Gasteiger charge is -1.93. The number of hydrogen-bond donors (Lipinski definition) is 1. The second-order valence-corrected chi connectivity index (χ2v) is 4.32. The second-order valence-electron chi connectivity index (χ2n) is 4.32. The van der Waals surface area contributed by atoms with Crippen molar-refractivity contribution in [1.29, 1.82) is 0 Å². The Balaban J connectivity index is 1.96. The Morgan fingerprint density at radius 3 is 2.94 bits per heavy atom.